The van der Waals surface area contributed by atoms with Crippen LogP contribution in [0.3, 0.4) is 0 Å². The molecule has 0 radical (unpaired) electrons. The fourth-order valence-electron chi connectivity index (χ4n) is 1.12. The molecule has 0 amide bonds. The summed E-state index contributed by atoms with van der Waals surface area (Å²) in [6, 6.07) is 7.64. The molecule has 1 aromatic rings. The number of alkyl halides is 2. The molecule has 0 atom stereocenters. The lowest BCUT2D eigenvalue weighted by Gasteiger charge is -2.19. The first-order valence-electron chi connectivity index (χ1n) is 4.08. The van der Waals surface area contributed by atoms with Crippen LogP contribution in [0.25, 0.3) is 0 Å². The summed E-state index contributed by atoms with van der Waals surface area (Å²) in [6.45, 7) is -2.08. The van der Waals surface area contributed by atoms with Gasteiger partial charge >= 0.3 is 0 Å². The predicted octanol–water partition coefficient (Wildman–Crippen LogP) is 1.97. The molecule has 0 bridgehead atoms. The van der Waals surface area contributed by atoms with Crippen molar-refractivity contribution < 1.29 is 8.78 Å². The Hall–Kier alpha value is -1.63. The van der Waals surface area contributed by atoms with Crippen LogP contribution in [0.1, 0.15) is 5.56 Å². The zero-order valence-electron chi connectivity index (χ0n) is 7.50. The summed E-state index contributed by atoms with van der Waals surface area (Å²) < 4.78 is 25.2. The van der Waals surface area contributed by atoms with Crippen molar-refractivity contribution in [1.82, 2.24) is 0 Å². The molecule has 14 heavy (non-hydrogen) atoms. The molecule has 0 aliphatic rings. The van der Waals surface area contributed by atoms with Gasteiger partial charge in [0.2, 0.25) is 0 Å². The van der Waals surface area contributed by atoms with E-state index in [1.807, 2.05) is 0 Å². The summed E-state index contributed by atoms with van der Waals surface area (Å²) in [5.74, 6) is 0. The number of nitrogens with two attached hydrogens (primary N) is 1. The minimum atomic E-state index is -1.67. The molecule has 0 heterocycles. The number of nitrogens with zero attached hydrogens (tertiary/aromatic N) is 1. The largest absolute Gasteiger partial charge is 0.399 e. The van der Waals surface area contributed by atoms with Crippen LogP contribution in [-0.2, 0) is 5.41 Å². The van der Waals surface area contributed by atoms with Crippen molar-refractivity contribution in [3.05, 3.63) is 29.8 Å². The van der Waals surface area contributed by atoms with Gasteiger partial charge in [0.25, 0.3) is 0 Å². The van der Waals surface area contributed by atoms with E-state index < -0.39 is 18.8 Å². The Morgan fingerprint density at radius 1 is 1.21 bits per heavy atom. The SMILES string of the molecule is N#CC(CF)(CF)c1ccc(N)cc1. The molecule has 2 nitrogen and oxygen atoms in total. The lowest BCUT2D eigenvalue weighted by molar-refractivity contribution is 0.294. The molecular formula is C10H10F2N2. The molecular weight excluding hydrogens is 186 g/mol. The van der Waals surface area contributed by atoms with Gasteiger partial charge in [-0.15, -0.1) is 0 Å². The molecule has 4 heteroatoms. The fourth-order valence-corrected chi connectivity index (χ4v) is 1.12. The Bertz CT molecular complexity index is 336. The van der Waals surface area contributed by atoms with Crippen molar-refractivity contribution in [2.45, 2.75) is 5.41 Å². The summed E-state index contributed by atoms with van der Waals surface area (Å²) >= 11 is 0. The second-order valence-corrected chi connectivity index (χ2v) is 3.08. The van der Waals surface area contributed by atoms with E-state index in [0.717, 1.165) is 0 Å². The molecule has 0 aliphatic carbocycles. The van der Waals surface area contributed by atoms with E-state index in [2.05, 4.69) is 0 Å². The highest BCUT2D eigenvalue weighted by atomic mass is 19.1. The molecule has 0 fully saturated rings. The summed E-state index contributed by atoms with van der Waals surface area (Å²) in [7, 11) is 0. The van der Waals surface area contributed by atoms with Gasteiger partial charge in [0.05, 0.1) is 6.07 Å². The molecule has 1 rings (SSSR count). The number of nitriles is 1. The molecule has 2 N–H and O–H groups in total. The van der Waals surface area contributed by atoms with Crippen molar-refractivity contribution in [1.29, 1.82) is 5.26 Å². The van der Waals surface area contributed by atoms with E-state index in [0.29, 0.717) is 11.3 Å². The minimum Gasteiger partial charge on any atom is -0.399 e. The second-order valence-electron chi connectivity index (χ2n) is 3.08. The predicted molar refractivity (Wildman–Crippen MR) is 50.1 cm³/mol. The van der Waals surface area contributed by atoms with Crippen molar-refractivity contribution >= 4 is 5.69 Å². The molecule has 0 aromatic heterocycles. The smallest absolute Gasteiger partial charge is 0.139 e. The number of benzene rings is 1. The maximum absolute atomic E-state index is 12.6. The van der Waals surface area contributed by atoms with E-state index >= 15 is 0 Å². The Kier molecular flexibility index (Phi) is 3.03. The Morgan fingerprint density at radius 2 is 1.71 bits per heavy atom. The maximum Gasteiger partial charge on any atom is 0.139 e. The number of hydrogen-bond donors (Lipinski definition) is 1. The molecule has 74 valence electrons. The average Bonchev–Trinajstić information content (AvgIpc) is 2.24. The van der Waals surface area contributed by atoms with Crippen molar-refractivity contribution in [3.8, 4) is 6.07 Å². The summed E-state index contributed by atoms with van der Waals surface area (Å²) in [5, 5.41) is 8.74. The number of rotatable bonds is 3. The van der Waals surface area contributed by atoms with Crippen LogP contribution in [0, 0.1) is 11.3 Å². The summed E-state index contributed by atoms with van der Waals surface area (Å²) in [6.07, 6.45) is 0. The van der Waals surface area contributed by atoms with Crippen LogP contribution >= 0.6 is 0 Å². The van der Waals surface area contributed by atoms with Crippen LogP contribution in [0.4, 0.5) is 14.5 Å². The monoisotopic (exact) mass is 196 g/mol. The number of halogens is 2. The Balaban J connectivity index is 3.13. The summed E-state index contributed by atoms with van der Waals surface area (Å²) in [5.41, 5.74) is 4.57. The van der Waals surface area contributed by atoms with Crippen LogP contribution in [0.2, 0.25) is 0 Å². The highest BCUT2D eigenvalue weighted by Gasteiger charge is 2.32. The van der Waals surface area contributed by atoms with Gasteiger partial charge in [-0.05, 0) is 17.7 Å². The number of anilines is 1. The standard InChI is InChI=1S/C10H10F2N2/c11-5-10(6-12,7-13)8-1-3-9(14)4-2-8/h1-4H,5-6,14H2. The third-order valence-electron chi connectivity index (χ3n) is 2.13. The van der Waals surface area contributed by atoms with E-state index in [1.54, 1.807) is 6.07 Å². The number of nitrogen functional groups attached to an aromatic ring is 1. The molecule has 0 aliphatic heterocycles. The molecule has 0 saturated heterocycles. The minimum absolute atomic E-state index is 0.319. The zero-order chi connectivity index (χ0) is 10.6. The lowest BCUT2D eigenvalue weighted by atomic mass is 9.84. The highest BCUT2D eigenvalue weighted by molar-refractivity contribution is 5.43. The molecule has 0 saturated carbocycles. The van der Waals surface area contributed by atoms with Crippen LogP contribution in [-0.4, -0.2) is 13.3 Å². The first-order valence-corrected chi connectivity index (χ1v) is 4.08. The van der Waals surface area contributed by atoms with Gasteiger partial charge < -0.3 is 5.73 Å². The molecule has 0 spiro atoms. The zero-order valence-corrected chi connectivity index (χ0v) is 7.50. The molecule has 1 aromatic carbocycles. The van der Waals surface area contributed by atoms with Crippen molar-refractivity contribution in [2.24, 2.45) is 0 Å². The second kappa shape index (κ2) is 4.05. The van der Waals surface area contributed by atoms with E-state index in [9.17, 15) is 8.78 Å². The first kappa shape index (κ1) is 10.5. The van der Waals surface area contributed by atoms with Gasteiger partial charge in [0.1, 0.15) is 18.8 Å². The summed E-state index contributed by atoms with van der Waals surface area (Å²) in [4.78, 5) is 0. The van der Waals surface area contributed by atoms with Gasteiger partial charge in [-0.25, -0.2) is 8.78 Å². The molecule has 0 unspecified atom stereocenters. The third kappa shape index (κ3) is 1.67. The highest BCUT2D eigenvalue weighted by Crippen LogP contribution is 2.25. The van der Waals surface area contributed by atoms with E-state index in [1.165, 1.54) is 24.3 Å². The normalized spacial score (nSPS) is 10.9. The fraction of sp³-hybridized carbons (Fsp3) is 0.300. The Labute approximate surface area is 81.0 Å². The van der Waals surface area contributed by atoms with Crippen LogP contribution < -0.4 is 5.73 Å². The number of hydrogen-bond acceptors (Lipinski definition) is 2. The lowest BCUT2D eigenvalue weighted by Crippen LogP contribution is -2.29. The average molecular weight is 196 g/mol. The van der Waals surface area contributed by atoms with Gasteiger partial charge in [0, 0.05) is 5.69 Å². The van der Waals surface area contributed by atoms with Gasteiger partial charge in [-0.1, -0.05) is 12.1 Å². The Morgan fingerprint density at radius 3 is 2.07 bits per heavy atom. The van der Waals surface area contributed by atoms with Crippen LogP contribution in [0.5, 0.6) is 0 Å². The van der Waals surface area contributed by atoms with Crippen molar-refractivity contribution in [3.63, 3.8) is 0 Å². The topological polar surface area (TPSA) is 49.8 Å². The van der Waals surface area contributed by atoms with Gasteiger partial charge in [0.15, 0.2) is 0 Å². The maximum atomic E-state index is 12.6. The van der Waals surface area contributed by atoms with E-state index in [-0.39, 0.29) is 0 Å². The van der Waals surface area contributed by atoms with Crippen LogP contribution in [0.15, 0.2) is 24.3 Å². The first-order chi connectivity index (χ1) is 6.68. The van der Waals surface area contributed by atoms with E-state index in [4.69, 9.17) is 11.0 Å². The quantitative estimate of drug-likeness (QED) is 0.751. The third-order valence-corrected chi connectivity index (χ3v) is 2.13. The van der Waals surface area contributed by atoms with Gasteiger partial charge in [-0.2, -0.15) is 5.26 Å². The van der Waals surface area contributed by atoms with Crippen molar-refractivity contribution in [2.75, 3.05) is 19.1 Å². The van der Waals surface area contributed by atoms with Gasteiger partial charge in [-0.3, -0.25) is 0 Å².